The molecule has 3 aromatic rings. The van der Waals surface area contributed by atoms with Crippen LogP contribution < -0.4 is 0 Å². The Hall–Kier alpha value is -2.66. The van der Waals surface area contributed by atoms with E-state index in [9.17, 15) is 4.79 Å². The van der Waals surface area contributed by atoms with E-state index in [1.165, 1.54) is 5.69 Å². The lowest BCUT2D eigenvalue weighted by Gasteiger charge is -2.34. The average molecular weight is 348 g/mol. The van der Waals surface area contributed by atoms with Gasteiger partial charge < -0.3 is 9.30 Å². The first-order chi connectivity index (χ1) is 12.6. The molecule has 0 radical (unpaired) electrons. The van der Waals surface area contributed by atoms with Crippen LogP contribution in [0.4, 0.5) is 0 Å². The molecule has 0 unspecified atom stereocenters. The summed E-state index contributed by atoms with van der Waals surface area (Å²) in [7, 11) is 0. The van der Waals surface area contributed by atoms with Gasteiger partial charge in [-0.2, -0.15) is 0 Å². The van der Waals surface area contributed by atoms with Gasteiger partial charge in [-0.3, -0.25) is 9.69 Å². The van der Waals surface area contributed by atoms with E-state index in [1.54, 1.807) is 0 Å². The van der Waals surface area contributed by atoms with Crippen LogP contribution in [0.5, 0.6) is 0 Å². The molecule has 0 spiro atoms. The minimum atomic E-state index is 0.145. The van der Waals surface area contributed by atoms with Crippen molar-refractivity contribution in [3.63, 3.8) is 0 Å². The molecule has 0 saturated carbocycles. The fourth-order valence-electron chi connectivity index (χ4n) is 3.72. The molecule has 1 fully saturated rings. The molecule has 26 heavy (non-hydrogen) atoms. The Labute approximate surface area is 153 Å². The minimum absolute atomic E-state index is 0.145. The number of hydrogen-bond donors (Lipinski definition) is 0. The van der Waals surface area contributed by atoms with Crippen molar-refractivity contribution >= 4 is 11.6 Å². The third-order valence-electron chi connectivity index (χ3n) is 5.01. The number of nitrogens with zero attached hydrogens (tertiary/aromatic N) is 4. The summed E-state index contributed by atoms with van der Waals surface area (Å²) in [6, 6.07) is 12.1. The lowest BCUT2D eigenvalue weighted by molar-refractivity contribution is 0.0626. The number of pyridine rings is 1. The summed E-state index contributed by atoms with van der Waals surface area (Å²) in [6.07, 6.45) is 4.00. The number of rotatable bonds is 3. The Balaban J connectivity index is 1.40. The Bertz CT molecular complexity index is 918. The normalized spacial score (nSPS) is 15.5. The summed E-state index contributed by atoms with van der Waals surface area (Å²) < 4.78 is 2.13. The molecule has 1 aliphatic rings. The largest absolute Gasteiger partial charge is 0.336 e. The Morgan fingerprint density at radius 3 is 2.50 bits per heavy atom. The van der Waals surface area contributed by atoms with Crippen LogP contribution in [0.1, 0.15) is 27.2 Å². The molecule has 1 amide bonds. The number of aryl methyl sites for hydroxylation is 2. The van der Waals surface area contributed by atoms with Crippen molar-refractivity contribution in [1.29, 1.82) is 0 Å². The van der Waals surface area contributed by atoms with Gasteiger partial charge in [0, 0.05) is 44.5 Å². The van der Waals surface area contributed by atoms with Crippen LogP contribution in [0.15, 0.2) is 48.8 Å². The number of hydrogen-bond acceptors (Lipinski definition) is 3. The molecule has 5 heteroatoms. The highest BCUT2D eigenvalue weighted by Gasteiger charge is 2.23. The highest BCUT2D eigenvalue weighted by Crippen LogP contribution is 2.15. The van der Waals surface area contributed by atoms with Gasteiger partial charge in [-0.25, -0.2) is 4.98 Å². The third kappa shape index (κ3) is 3.35. The van der Waals surface area contributed by atoms with Crippen LogP contribution >= 0.6 is 0 Å². The number of piperazine rings is 1. The molecule has 0 aliphatic carbocycles. The standard InChI is InChI=1S/C21H24N4O/c1-16-11-17(2)13-18(12-16)21(26)24-9-7-23(8-10-24)15-19-14-22-20-5-3-4-6-25(19)20/h3-6,11-14H,7-10,15H2,1-2H3. The van der Waals surface area contributed by atoms with Crippen LogP contribution in [0.3, 0.4) is 0 Å². The first-order valence-corrected chi connectivity index (χ1v) is 9.11. The van der Waals surface area contributed by atoms with Crippen molar-refractivity contribution in [2.75, 3.05) is 26.2 Å². The fourth-order valence-corrected chi connectivity index (χ4v) is 3.72. The number of aromatic nitrogens is 2. The van der Waals surface area contributed by atoms with E-state index in [4.69, 9.17) is 0 Å². The van der Waals surface area contributed by atoms with Crippen LogP contribution in [-0.4, -0.2) is 51.3 Å². The maximum absolute atomic E-state index is 12.8. The molecule has 1 aliphatic heterocycles. The zero-order chi connectivity index (χ0) is 18.1. The van der Waals surface area contributed by atoms with Gasteiger partial charge in [0.15, 0.2) is 0 Å². The number of fused-ring (bicyclic) bond motifs is 1. The van der Waals surface area contributed by atoms with Crippen molar-refractivity contribution in [1.82, 2.24) is 19.2 Å². The van der Waals surface area contributed by atoms with Crippen molar-refractivity contribution in [3.8, 4) is 0 Å². The van der Waals surface area contributed by atoms with E-state index in [0.717, 1.165) is 55.1 Å². The van der Waals surface area contributed by atoms with Crippen molar-refractivity contribution in [2.24, 2.45) is 0 Å². The summed E-state index contributed by atoms with van der Waals surface area (Å²) in [4.78, 5) is 21.6. The highest BCUT2D eigenvalue weighted by atomic mass is 16.2. The predicted octanol–water partition coefficient (Wildman–Crippen LogP) is 2.91. The van der Waals surface area contributed by atoms with Gasteiger partial charge in [0.25, 0.3) is 5.91 Å². The highest BCUT2D eigenvalue weighted by molar-refractivity contribution is 5.94. The van der Waals surface area contributed by atoms with E-state index < -0.39 is 0 Å². The number of imidazole rings is 1. The van der Waals surface area contributed by atoms with E-state index in [-0.39, 0.29) is 5.91 Å². The second-order valence-corrected chi connectivity index (χ2v) is 7.12. The van der Waals surface area contributed by atoms with Crippen LogP contribution in [0, 0.1) is 13.8 Å². The molecule has 1 saturated heterocycles. The van der Waals surface area contributed by atoms with Gasteiger partial charge in [0.1, 0.15) is 5.65 Å². The van der Waals surface area contributed by atoms with E-state index in [1.807, 2.05) is 55.3 Å². The zero-order valence-electron chi connectivity index (χ0n) is 15.4. The van der Waals surface area contributed by atoms with Crippen LogP contribution in [-0.2, 0) is 6.54 Å². The number of benzene rings is 1. The molecular formula is C21H24N4O. The first kappa shape index (κ1) is 16.8. The molecule has 134 valence electrons. The van der Waals surface area contributed by atoms with Gasteiger partial charge in [0.2, 0.25) is 0 Å². The molecule has 0 bridgehead atoms. The Morgan fingerprint density at radius 1 is 1.04 bits per heavy atom. The number of carbonyl (C=O) groups is 1. The summed E-state index contributed by atoms with van der Waals surface area (Å²) >= 11 is 0. The van der Waals surface area contributed by atoms with Crippen LogP contribution in [0.25, 0.3) is 5.65 Å². The lowest BCUT2D eigenvalue weighted by atomic mass is 10.1. The number of carbonyl (C=O) groups excluding carboxylic acids is 1. The van der Waals surface area contributed by atoms with E-state index in [2.05, 4.69) is 26.5 Å². The smallest absolute Gasteiger partial charge is 0.253 e. The van der Waals surface area contributed by atoms with Crippen LogP contribution in [0.2, 0.25) is 0 Å². The van der Waals surface area contributed by atoms with Gasteiger partial charge in [0.05, 0.1) is 11.9 Å². The summed E-state index contributed by atoms with van der Waals surface area (Å²) in [5.74, 6) is 0.145. The number of amides is 1. The molecule has 0 atom stereocenters. The second-order valence-electron chi connectivity index (χ2n) is 7.12. The van der Waals surface area contributed by atoms with Crippen molar-refractivity contribution in [3.05, 3.63) is 71.2 Å². The first-order valence-electron chi connectivity index (χ1n) is 9.11. The predicted molar refractivity (Wildman–Crippen MR) is 102 cm³/mol. The maximum Gasteiger partial charge on any atom is 0.253 e. The summed E-state index contributed by atoms with van der Waals surface area (Å²) in [5.41, 5.74) is 5.25. The van der Waals surface area contributed by atoms with Crippen molar-refractivity contribution < 1.29 is 4.79 Å². The minimum Gasteiger partial charge on any atom is -0.336 e. The molecular weight excluding hydrogens is 324 g/mol. The van der Waals surface area contributed by atoms with Gasteiger partial charge in [-0.1, -0.05) is 23.3 Å². The molecule has 5 nitrogen and oxygen atoms in total. The fraction of sp³-hybridized carbons (Fsp3) is 0.333. The van der Waals surface area contributed by atoms with Gasteiger partial charge in [-0.05, 0) is 38.1 Å². The Kier molecular flexibility index (Phi) is 4.47. The maximum atomic E-state index is 12.8. The van der Waals surface area contributed by atoms with Gasteiger partial charge in [-0.15, -0.1) is 0 Å². The monoisotopic (exact) mass is 348 g/mol. The Morgan fingerprint density at radius 2 is 1.77 bits per heavy atom. The quantitative estimate of drug-likeness (QED) is 0.731. The third-order valence-corrected chi connectivity index (χ3v) is 5.01. The molecule has 3 heterocycles. The second kappa shape index (κ2) is 6.92. The molecule has 0 N–H and O–H groups in total. The van der Waals surface area contributed by atoms with E-state index in [0.29, 0.717) is 0 Å². The summed E-state index contributed by atoms with van der Waals surface area (Å²) in [5, 5.41) is 0. The SMILES string of the molecule is Cc1cc(C)cc(C(=O)N2CCN(Cc3cnc4ccccn34)CC2)c1. The topological polar surface area (TPSA) is 40.9 Å². The molecule has 2 aromatic heterocycles. The lowest BCUT2D eigenvalue weighted by Crippen LogP contribution is -2.48. The van der Waals surface area contributed by atoms with E-state index >= 15 is 0 Å². The molecule has 1 aromatic carbocycles. The molecule has 4 rings (SSSR count). The van der Waals surface area contributed by atoms with Crippen molar-refractivity contribution in [2.45, 2.75) is 20.4 Å². The summed E-state index contributed by atoms with van der Waals surface area (Å²) in [6.45, 7) is 8.24. The average Bonchev–Trinajstić information content (AvgIpc) is 3.04. The van der Waals surface area contributed by atoms with Gasteiger partial charge >= 0.3 is 0 Å². The zero-order valence-corrected chi connectivity index (χ0v) is 15.4.